The maximum atomic E-state index is 13.2. The second-order valence-corrected chi connectivity index (χ2v) is 13.5. The van der Waals surface area contributed by atoms with Crippen molar-refractivity contribution in [1.82, 2.24) is 0 Å². The lowest BCUT2D eigenvalue weighted by Crippen LogP contribution is -2.31. The number of rotatable bonds is 7. The number of halogens is 6. The third kappa shape index (κ3) is 6.90. The van der Waals surface area contributed by atoms with E-state index in [1.165, 1.54) is 24.3 Å². The molecule has 0 N–H and O–H groups in total. The van der Waals surface area contributed by atoms with Crippen LogP contribution in [0.1, 0.15) is 11.1 Å². The molecular weight excluding hydrogens is 723 g/mol. The molecule has 56 heavy (non-hydrogen) atoms. The fraction of sp³-hybridized carbons (Fsp3) is 0.0870. The number of hydrogen-bond donors (Lipinski definition) is 0. The summed E-state index contributed by atoms with van der Waals surface area (Å²) >= 11 is 0. The average molecular weight is 757 g/mol. The van der Waals surface area contributed by atoms with Gasteiger partial charge in [-0.25, -0.2) is 0 Å². The summed E-state index contributed by atoms with van der Waals surface area (Å²) in [5.74, 6) is 0. The van der Waals surface area contributed by atoms with Crippen LogP contribution in [0.15, 0.2) is 170 Å². The van der Waals surface area contributed by atoms with E-state index >= 15 is 0 Å². The van der Waals surface area contributed by atoms with Gasteiger partial charge in [0.05, 0.1) is 33.3 Å². The second kappa shape index (κ2) is 14.2. The Morgan fingerprint density at radius 1 is 0.393 bits per heavy atom. The molecule has 0 saturated heterocycles. The number of benzene rings is 6. The monoisotopic (exact) mass is 756 g/mol. The smallest absolute Gasteiger partial charge is 0.344 e. The minimum Gasteiger partial charge on any atom is -0.344 e. The Morgan fingerprint density at radius 2 is 0.732 bits per heavy atom. The first-order valence-electron chi connectivity index (χ1n) is 17.8. The Morgan fingerprint density at radius 3 is 1.07 bits per heavy atom. The molecule has 0 radical (unpaired) electrons. The maximum Gasteiger partial charge on any atom is 0.416 e. The van der Waals surface area contributed by atoms with Gasteiger partial charge in [-0.2, -0.15) is 35.5 Å². The molecule has 0 spiro atoms. The highest BCUT2D eigenvalue weighted by molar-refractivity contribution is 5.93. The van der Waals surface area contributed by atoms with E-state index in [0.717, 1.165) is 79.9 Å². The molecule has 6 aromatic carbocycles. The number of pyridine rings is 2. The van der Waals surface area contributed by atoms with Crippen LogP contribution in [-0.4, -0.2) is 14.1 Å². The fourth-order valence-electron chi connectivity index (χ4n) is 7.12. The third-order valence-electron chi connectivity index (χ3n) is 10.2. The van der Waals surface area contributed by atoms with Gasteiger partial charge in [-0.3, -0.25) is 0 Å². The normalized spacial score (nSPS) is 11.9. The molecule has 0 atom stereocenters. The van der Waals surface area contributed by atoms with Crippen LogP contribution in [0, 0.1) is 0 Å². The van der Waals surface area contributed by atoms with Crippen molar-refractivity contribution in [2.24, 2.45) is 0 Å². The van der Waals surface area contributed by atoms with E-state index in [1.54, 1.807) is 0 Å². The minimum absolute atomic E-state index is 0.643. The van der Waals surface area contributed by atoms with Crippen molar-refractivity contribution in [2.75, 3.05) is 23.9 Å². The molecule has 0 aliphatic rings. The van der Waals surface area contributed by atoms with Crippen molar-refractivity contribution in [3.05, 3.63) is 181 Å². The number of aromatic nitrogens is 2. The summed E-state index contributed by atoms with van der Waals surface area (Å²) < 4.78 is 83.2. The quantitative estimate of drug-likeness (QED) is 0.119. The maximum absolute atomic E-state index is 13.2. The standard InChI is InChI=1S/C46H34F6N4/c1-53(35-23-15-33(16-24-35)45(47,48)49)41-27-29-55(43-9-5-3-7-39(41)43)37-19-11-31(12-20-37)32-13-21-38(22-14-32)56-30-28-42(40-8-4-6-10-44(40)56)54(2)36-25-17-34(18-26-36)46(50,51)52/h3-30H,1-2H3/q+2. The Hall–Kier alpha value is -6.68. The molecule has 2 aromatic heterocycles. The van der Waals surface area contributed by atoms with Crippen LogP contribution in [-0.2, 0) is 12.4 Å². The highest BCUT2D eigenvalue weighted by Crippen LogP contribution is 2.36. The molecule has 0 fully saturated rings. The Labute approximate surface area is 319 Å². The van der Waals surface area contributed by atoms with Gasteiger partial charge in [0.2, 0.25) is 22.4 Å². The van der Waals surface area contributed by atoms with Crippen LogP contribution in [0.4, 0.5) is 49.1 Å². The molecule has 8 rings (SSSR count). The minimum atomic E-state index is -4.40. The Kier molecular flexibility index (Phi) is 9.20. The number of nitrogens with zero attached hydrogens (tertiary/aromatic N) is 4. The van der Waals surface area contributed by atoms with Crippen molar-refractivity contribution in [3.63, 3.8) is 0 Å². The van der Waals surface area contributed by atoms with Crippen molar-refractivity contribution in [2.45, 2.75) is 12.4 Å². The summed E-state index contributed by atoms with van der Waals surface area (Å²) in [4.78, 5) is 3.77. The van der Waals surface area contributed by atoms with Crippen molar-refractivity contribution in [1.29, 1.82) is 0 Å². The molecule has 4 nitrogen and oxygen atoms in total. The van der Waals surface area contributed by atoms with Gasteiger partial charge < -0.3 is 9.80 Å². The fourth-order valence-corrected chi connectivity index (χ4v) is 7.12. The first-order chi connectivity index (χ1) is 26.9. The highest BCUT2D eigenvalue weighted by atomic mass is 19.4. The van der Waals surface area contributed by atoms with Crippen LogP contribution in [0.5, 0.6) is 0 Å². The summed E-state index contributed by atoms with van der Waals surface area (Å²) in [6.07, 6.45) is -4.85. The Balaban J connectivity index is 1.04. The van der Waals surface area contributed by atoms with E-state index in [1.807, 2.05) is 97.0 Å². The zero-order valence-corrected chi connectivity index (χ0v) is 30.2. The van der Waals surface area contributed by atoms with Crippen LogP contribution < -0.4 is 18.9 Å². The lowest BCUT2D eigenvalue weighted by molar-refractivity contribution is -0.567. The summed E-state index contributed by atoms with van der Waals surface area (Å²) in [5, 5.41) is 1.89. The Bertz CT molecular complexity index is 2480. The van der Waals surface area contributed by atoms with Gasteiger partial charge in [0, 0.05) is 74.0 Å². The zero-order valence-electron chi connectivity index (χ0n) is 30.2. The second-order valence-electron chi connectivity index (χ2n) is 13.5. The van der Waals surface area contributed by atoms with Crippen molar-refractivity contribution < 1.29 is 35.5 Å². The molecule has 8 aromatic rings. The number of alkyl halides is 6. The van der Waals surface area contributed by atoms with E-state index in [-0.39, 0.29) is 0 Å². The molecule has 0 saturated carbocycles. The number of fused-ring (bicyclic) bond motifs is 2. The van der Waals surface area contributed by atoms with Gasteiger partial charge in [-0.05, 0) is 96.1 Å². The first-order valence-corrected chi connectivity index (χ1v) is 17.8. The van der Waals surface area contributed by atoms with E-state index < -0.39 is 23.5 Å². The summed E-state index contributed by atoms with van der Waals surface area (Å²) in [6.45, 7) is 0. The topological polar surface area (TPSA) is 14.2 Å². The molecular formula is C46H34F6N4+2. The lowest BCUT2D eigenvalue weighted by Gasteiger charge is -2.21. The summed E-state index contributed by atoms with van der Waals surface area (Å²) in [6, 6.07) is 46.6. The van der Waals surface area contributed by atoms with Crippen molar-refractivity contribution >= 4 is 44.6 Å². The highest BCUT2D eigenvalue weighted by Gasteiger charge is 2.31. The van der Waals surface area contributed by atoms with E-state index in [2.05, 4.69) is 57.7 Å². The van der Waals surface area contributed by atoms with Gasteiger partial charge >= 0.3 is 12.4 Å². The van der Waals surface area contributed by atoms with Gasteiger partial charge in [0.25, 0.3) is 0 Å². The predicted molar refractivity (Wildman–Crippen MR) is 209 cm³/mol. The van der Waals surface area contributed by atoms with E-state index in [9.17, 15) is 26.3 Å². The predicted octanol–water partition coefficient (Wildman–Crippen LogP) is 11.8. The van der Waals surface area contributed by atoms with Crippen LogP contribution in [0.3, 0.4) is 0 Å². The lowest BCUT2D eigenvalue weighted by atomic mass is 10.0. The molecule has 0 aliphatic heterocycles. The number of para-hydroxylation sites is 2. The summed E-state index contributed by atoms with van der Waals surface area (Å²) in [5.41, 5.74) is 7.50. The largest absolute Gasteiger partial charge is 0.416 e. The van der Waals surface area contributed by atoms with Crippen LogP contribution >= 0.6 is 0 Å². The van der Waals surface area contributed by atoms with Gasteiger partial charge in [0.15, 0.2) is 12.4 Å². The number of hydrogen-bond acceptors (Lipinski definition) is 2. The molecule has 278 valence electrons. The van der Waals surface area contributed by atoms with E-state index in [4.69, 9.17) is 0 Å². The average Bonchev–Trinajstić information content (AvgIpc) is 3.22. The van der Waals surface area contributed by atoms with Gasteiger partial charge in [0.1, 0.15) is 0 Å². The third-order valence-corrected chi connectivity index (χ3v) is 10.2. The van der Waals surface area contributed by atoms with Gasteiger partial charge in [-0.1, -0.05) is 24.3 Å². The molecule has 0 amide bonds. The molecule has 0 bridgehead atoms. The number of anilines is 4. The van der Waals surface area contributed by atoms with Crippen LogP contribution in [0.2, 0.25) is 0 Å². The molecule has 0 aliphatic carbocycles. The molecule has 10 heteroatoms. The van der Waals surface area contributed by atoms with Crippen LogP contribution in [0.25, 0.3) is 44.3 Å². The summed E-state index contributed by atoms with van der Waals surface area (Å²) in [7, 11) is 3.69. The first kappa shape index (κ1) is 36.3. The molecule has 2 heterocycles. The van der Waals surface area contributed by atoms with Gasteiger partial charge in [-0.15, -0.1) is 0 Å². The zero-order chi connectivity index (χ0) is 39.2. The molecule has 0 unspecified atom stereocenters. The van der Waals surface area contributed by atoms with Crippen molar-refractivity contribution in [3.8, 4) is 22.5 Å². The van der Waals surface area contributed by atoms with E-state index in [0.29, 0.717) is 11.4 Å². The SMILES string of the molecule is CN(c1ccc(C(F)(F)F)cc1)c1cc[n+](-c2ccc(-c3ccc(-[n+]4ccc(N(C)c5ccc(C(F)(F)F)cc5)c5ccccc54)cc3)cc2)c2ccccc12.